The summed E-state index contributed by atoms with van der Waals surface area (Å²) in [6.07, 6.45) is 0.687. The minimum atomic E-state index is -4.19. The van der Waals surface area contributed by atoms with Crippen LogP contribution in [0.15, 0.2) is 35.2 Å². The van der Waals surface area contributed by atoms with Crippen molar-refractivity contribution in [3.63, 3.8) is 0 Å². The van der Waals surface area contributed by atoms with Crippen molar-refractivity contribution in [1.29, 1.82) is 0 Å². The Morgan fingerprint density at radius 3 is 2.48 bits per heavy atom. The lowest BCUT2D eigenvalue weighted by Gasteiger charge is -2.15. The number of carboxylic acid groups (broad SMARTS) is 1. The van der Waals surface area contributed by atoms with E-state index in [4.69, 9.17) is 30.9 Å². The van der Waals surface area contributed by atoms with E-state index < -0.39 is 16.0 Å². The normalized spacial score (nSPS) is 13.6. The second kappa shape index (κ2) is 7.53. The molecule has 10 heteroatoms. The molecule has 3 rings (SSSR count). The van der Waals surface area contributed by atoms with E-state index in [0.717, 1.165) is 6.07 Å². The maximum Gasteiger partial charge on any atom is 0.335 e. The molecule has 0 fully saturated rings. The highest BCUT2D eigenvalue weighted by atomic mass is 35.5. The molecule has 144 valence electrons. The van der Waals surface area contributed by atoms with Crippen LogP contribution in [0.4, 0.5) is 5.69 Å². The molecule has 27 heavy (non-hydrogen) atoms. The van der Waals surface area contributed by atoms with E-state index in [0.29, 0.717) is 31.1 Å². The molecule has 0 spiro atoms. The largest absolute Gasteiger partial charge is 0.495 e. The summed E-state index contributed by atoms with van der Waals surface area (Å²) in [7, 11) is -2.90. The Bertz CT molecular complexity index is 991. The number of aromatic carboxylic acids is 1. The summed E-state index contributed by atoms with van der Waals surface area (Å²) in [5.74, 6) is -0.479. The van der Waals surface area contributed by atoms with Gasteiger partial charge >= 0.3 is 5.97 Å². The van der Waals surface area contributed by atoms with Gasteiger partial charge in [0.2, 0.25) is 0 Å². The number of methoxy groups -OCH3 is 1. The lowest BCUT2D eigenvalue weighted by Crippen LogP contribution is -2.15. The summed E-state index contributed by atoms with van der Waals surface area (Å²) in [5, 5.41) is 9.23. The SMILES string of the molecule is COc1ccc(C(=O)O)cc1S(=O)(=O)Nc1cc2c(cc1Cl)OCCCO2. The zero-order chi connectivity index (χ0) is 19.6. The van der Waals surface area contributed by atoms with Crippen molar-refractivity contribution in [2.45, 2.75) is 11.3 Å². The summed E-state index contributed by atoms with van der Waals surface area (Å²) >= 11 is 6.18. The molecule has 2 N–H and O–H groups in total. The smallest absolute Gasteiger partial charge is 0.335 e. The van der Waals surface area contributed by atoms with Gasteiger partial charge in [0.25, 0.3) is 10.0 Å². The standard InChI is InChI=1S/C17H16ClNO7S/c1-24-13-4-3-10(17(20)21)7-16(13)27(22,23)19-12-9-15-14(8-11(12)18)25-5-2-6-26-15/h3-4,7-9,19H,2,5-6H2,1H3,(H,20,21). The number of hydrogen-bond acceptors (Lipinski definition) is 6. The first kappa shape index (κ1) is 19.1. The number of benzene rings is 2. The quantitative estimate of drug-likeness (QED) is 0.774. The Morgan fingerprint density at radius 1 is 1.19 bits per heavy atom. The van der Waals surface area contributed by atoms with E-state index in [2.05, 4.69) is 4.72 Å². The molecule has 0 bridgehead atoms. The second-order valence-corrected chi connectivity index (χ2v) is 7.66. The molecular formula is C17H16ClNO7S. The first-order valence-corrected chi connectivity index (χ1v) is 9.71. The van der Waals surface area contributed by atoms with Gasteiger partial charge in [-0.1, -0.05) is 11.6 Å². The fraction of sp³-hybridized carbons (Fsp3) is 0.235. The Morgan fingerprint density at radius 2 is 1.85 bits per heavy atom. The number of ether oxygens (including phenoxy) is 3. The monoisotopic (exact) mass is 413 g/mol. The van der Waals surface area contributed by atoms with Gasteiger partial charge in [-0.15, -0.1) is 0 Å². The third-order valence-electron chi connectivity index (χ3n) is 3.78. The van der Waals surface area contributed by atoms with E-state index in [1.807, 2.05) is 0 Å². The van der Waals surface area contributed by atoms with Crippen LogP contribution in [0.25, 0.3) is 0 Å². The van der Waals surface area contributed by atoms with Crippen LogP contribution in [0.5, 0.6) is 17.2 Å². The topological polar surface area (TPSA) is 111 Å². The van der Waals surface area contributed by atoms with E-state index in [-0.39, 0.29) is 26.9 Å². The lowest BCUT2D eigenvalue weighted by atomic mass is 10.2. The number of halogens is 1. The average Bonchev–Trinajstić information content (AvgIpc) is 2.86. The molecule has 1 aliphatic rings. The van der Waals surface area contributed by atoms with Gasteiger partial charge in [-0.25, -0.2) is 13.2 Å². The van der Waals surface area contributed by atoms with Crippen LogP contribution in [0.1, 0.15) is 16.8 Å². The summed E-state index contributed by atoms with van der Waals surface area (Å²) in [5.41, 5.74) is -0.121. The zero-order valence-corrected chi connectivity index (χ0v) is 15.8. The number of carbonyl (C=O) groups is 1. The number of hydrogen-bond donors (Lipinski definition) is 2. The van der Waals surface area contributed by atoms with Crippen molar-refractivity contribution in [3.8, 4) is 17.2 Å². The molecule has 1 aliphatic heterocycles. The van der Waals surface area contributed by atoms with Crippen molar-refractivity contribution in [2.75, 3.05) is 25.0 Å². The zero-order valence-electron chi connectivity index (χ0n) is 14.2. The van der Waals surface area contributed by atoms with Crippen LogP contribution in [-0.4, -0.2) is 39.8 Å². The molecular weight excluding hydrogens is 398 g/mol. The average molecular weight is 414 g/mol. The molecule has 0 aromatic heterocycles. The number of sulfonamides is 1. The highest BCUT2D eigenvalue weighted by Crippen LogP contribution is 2.39. The highest BCUT2D eigenvalue weighted by Gasteiger charge is 2.24. The molecule has 0 amide bonds. The van der Waals surface area contributed by atoms with Gasteiger partial charge in [-0.3, -0.25) is 4.72 Å². The number of rotatable bonds is 5. The molecule has 0 aliphatic carbocycles. The van der Waals surface area contributed by atoms with Gasteiger partial charge in [0.15, 0.2) is 11.5 Å². The fourth-order valence-corrected chi connectivity index (χ4v) is 4.01. The number of carboxylic acids is 1. The first-order valence-electron chi connectivity index (χ1n) is 7.85. The van der Waals surface area contributed by atoms with E-state index in [9.17, 15) is 13.2 Å². The molecule has 2 aromatic carbocycles. The molecule has 0 saturated carbocycles. The van der Waals surface area contributed by atoms with Crippen molar-refractivity contribution >= 4 is 33.3 Å². The Balaban J connectivity index is 2.01. The first-order chi connectivity index (χ1) is 12.8. The molecule has 1 heterocycles. The van der Waals surface area contributed by atoms with E-state index >= 15 is 0 Å². The van der Waals surface area contributed by atoms with Crippen LogP contribution < -0.4 is 18.9 Å². The van der Waals surface area contributed by atoms with Crippen LogP contribution in [0.2, 0.25) is 5.02 Å². The predicted molar refractivity (Wildman–Crippen MR) is 97.8 cm³/mol. The Kier molecular flexibility index (Phi) is 5.33. The fourth-order valence-electron chi connectivity index (χ4n) is 2.48. The molecule has 0 radical (unpaired) electrons. The number of fused-ring (bicyclic) bond motifs is 1. The summed E-state index contributed by atoms with van der Waals surface area (Å²) < 4.78 is 44.1. The Hall–Kier alpha value is -2.65. The van der Waals surface area contributed by atoms with Gasteiger partial charge in [0.05, 0.1) is 36.6 Å². The van der Waals surface area contributed by atoms with E-state index in [1.165, 1.54) is 31.4 Å². The van der Waals surface area contributed by atoms with Gasteiger partial charge in [0.1, 0.15) is 10.6 Å². The van der Waals surface area contributed by atoms with Gasteiger partial charge < -0.3 is 19.3 Å². The minimum Gasteiger partial charge on any atom is -0.495 e. The van der Waals surface area contributed by atoms with Gasteiger partial charge in [-0.05, 0) is 18.2 Å². The van der Waals surface area contributed by atoms with Crippen LogP contribution in [-0.2, 0) is 10.0 Å². The van der Waals surface area contributed by atoms with Gasteiger partial charge in [0, 0.05) is 18.6 Å². The van der Waals surface area contributed by atoms with Crippen LogP contribution >= 0.6 is 11.6 Å². The molecule has 2 aromatic rings. The highest BCUT2D eigenvalue weighted by molar-refractivity contribution is 7.92. The summed E-state index contributed by atoms with van der Waals surface area (Å²) in [6, 6.07) is 6.42. The summed E-state index contributed by atoms with van der Waals surface area (Å²) in [6.45, 7) is 0.892. The molecule has 0 saturated heterocycles. The van der Waals surface area contributed by atoms with Crippen molar-refractivity contribution in [2.24, 2.45) is 0 Å². The third-order valence-corrected chi connectivity index (χ3v) is 5.48. The molecule has 0 atom stereocenters. The second-order valence-electron chi connectivity index (χ2n) is 5.61. The maximum absolute atomic E-state index is 12.8. The molecule has 8 nitrogen and oxygen atoms in total. The molecule has 0 unspecified atom stereocenters. The predicted octanol–water partition coefficient (Wildman–Crippen LogP) is 3.01. The van der Waals surface area contributed by atoms with Crippen LogP contribution in [0.3, 0.4) is 0 Å². The summed E-state index contributed by atoms with van der Waals surface area (Å²) in [4.78, 5) is 10.9. The van der Waals surface area contributed by atoms with Crippen molar-refractivity contribution in [3.05, 3.63) is 40.9 Å². The maximum atomic E-state index is 12.8. The van der Waals surface area contributed by atoms with Gasteiger partial charge in [-0.2, -0.15) is 0 Å². The van der Waals surface area contributed by atoms with Crippen molar-refractivity contribution < 1.29 is 32.5 Å². The van der Waals surface area contributed by atoms with E-state index in [1.54, 1.807) is 0 Å². The number of nitrogens with one attached hydrogen (secondary N) is 1. The number of anilines is 1. The Labute approximate surface area is 160 Å². The van der Waals surface area contributed by atoms with Crippen molar-refractivity contribution in [1.82, 2.24) is 0 Å². The third kappa shape index (κ3) is 4.04. The van der Waals surface area contributed by atoms with Crippen LogP contribution in [0, 0.1) is 0 Å². The minimum absolute atomic E-state index is 0.00188. The lowest BCUT2D eigenvalue weighted by molar-refractivity contribution is 0.0696.